The molecule has 19 heavy (non-hydrogen) atoms. The predicted octanol–water partition coefficient (Wildman–Crippen LogP) is 2.73. The highest BCUT2D eigenvalue weighted by Gasteiger charge is 2.28. The summed E-state index contributed by atoms with van der Waals surface area (Å²) in [7, 11) is 1.75. The minimum atomic E-state index is 0.812. The number of ether oxygens (including phenoxy) is 1. The molecule has 1 heterocycles. The standard InChI is InChI=1S/C15H26N2OS/c1-18-10-8-16-7-2-3-9-17(15-4-5-15)12-14-6-11-19-13-14/h6,11,13,15-16H,2-5,7-10,12H2,1H3. The third-order valence-electron chi connectivity index (χ3n) is 3.56. The van der Waals surface area contributed by atoms with E-state index in [4.69, 9.17) is 4.74 Å². The van der Waals surface area contributed by atoms with E-state index >= 15 is 0 Å². The first-order chi connectivity index (χ1) is 9.40. The van der Waals surface area contributed by atoms with E-state index in [1.807, 2.05) is 0 Å². The number of hydrogen-bond donors (Lipinski definition) is 1. The van der Waals surface area contributed by atoms with Crippen molar-refractivity contribution in [3.8, 4) is 0 Å². The van der Waals surface area contributed by atoms with Gasteiger partial charge in [0, 0.05) is 26.2 Å². The van der Waals surface area contributed by atoms with Crippen molar-refractivity contribution < 1.29 is 4.74 Å². The fourth-order valence-electron chi connectivity index (χ4n) is 2.31. The Morgan fingerprint density at radius 1 is 1.37 bits per heavy atom. The fraction of sp³-hybridized carbons (Fsp3) is 0.733. The summed E-state index contributed by atoms with van der Waals surface area (Å²) in [5.74, 6) is 0. The molecule has 2 rings (SSSR count). The van der Waals surface area contributed by atoms with Crippen molar-refractivity contribution >= 4 is 11.3 Å². The van der Waals surface area contributed by atoms with Gasteiger partial charge in [-0.25, -0.2) is 0 Å². The van der Waals surface area contributed by atoms with E-state index < -0.39 is 0 Å². The number of nitrogens with zero attached hydrogens (tertiary/aromatic N) is 1. The molecule has 0 aliphatic heterocycles. The van der Waals surface area contributed by atoms with E-state index in [0.29, 0.717) is 0 Å². The topological polar surface area (TPSA) is 24.5 Å². The van der Waals surface area contributed by atoms with Gasteiger partial charge in [0.05, 0.1) is 6.61 Å². The zero-order valence-electron chi connectivity index (χ0n) is 11.9. The van der Waals surface area contributed by atoms with Crippen molar-refractivity contribution in [3.05, 3.63) is 22.4 Å². The van der Waals surface area contributed by atoms with Crippen LogP contribution < -0.4 is 5.32 Å². The van der Waals surface area contributed by atoms with Crippen LogP contribution in [0.25, 0.3) is 0 Å². The molecule has 108 valence electrons. The van der Waals surface area contributed by atoms with Crippen LogP contribution >= 0.6 is 11.3 Å². The minimum absolute atomic E-state index is 0.812. The monoisotopic (exact) mass is 282 g/mol. The maximum atomic E-state index is 5.02. The molecule has 1 saturated carbocycles. The molecule has 0 unspecified atom stereocenters. The lowest BCUT2D eigenvalue weighted by Crippen LogP contribution is -2.27. The first-order valence-corrected chi connectivity index (χ1v) is 8.29. The van der Waals surface area contributed by atoms with Crippen molar-refractivity contribution in [2.24, 2.45) is 0 Å². The molecule has 1 N–H and O–H groups in total. The molecule has 0 amide bonds. The molecule has 0 aromatic carbocycles. The summed E-state index contributed by atoms with van der Waals surface area (Å²) in [6, 6.07) is 3.12. The maximum Gasteiger partial charge on any atom is 0.0587 e. The smallest absolute Gasteiger partial charge is 0.0587 e. The third kappa shape index (κ3) is 6.04. The van der Waals surface area contributed by atoms with Crippen molar-refractivity contribution in [1.82, 2.24) is 10.2 Å². The second-order valence-electron chi connectivity index (χ2n) is 5.28. The summed E-state index contributed by atoms with van der Waals surface area (Å²) >= 11 is 1.80. The van der Waals surface area contributed by atoms with Gasteiger partial charge in [0.15, 0.2) is 0 Å². The number of thiophene rings is 1. The molecule has 0 saturated heterocycles. The lowest BCUT2D eigenvalue weighted by Gasteiger charge is -2.21. The second kappa shape index (κ2) is 8.69. The lowest BCUT2D eigenvalue weighted by molar-refractivity contribution is 0.199. The highest BCUT2D eigenvalue weighted by molar-refractivity contribution is 7.07. The Bertz CT molecular complexity index is 325. The van der Waals surface area contributed by atoms with Crippen molar-refractivity contribution in [3.63, 3.8) is 0 Å². The molecule has 3 nitrogen and oxygen atoms in total. The fourth-order valence-corrected chi connectivity index (χ4v) is 2.97. The molecule has 0 atom stereocenters. The average Bonchev–Trinajstić information content (AvgIpc) is 3.14. The summed E-state index contributed by atoms with van der Waals surface area (Å²) in [5.41, 5.74) is 1.48. The highest BCUT2D eigenvalue weighted by Crippen LogP contribution is 2.28. The first-order valence-electron chi connectivity index (χ1n) is 7.35. The highest BCUT2D eigenvalue weighted by atomic mass is 32.1. The van der Waals surface area contributed by atoms with Gasteiger partial charge in [-0.15, -0.1) is 0 Å². The Labute approximate surface area is 121 Å². The van der Waals surface area contributed by atoms with Gasteiger partial charge in [-0.2, -0.15) is 11.3 Å². The Kier molecular flexibility index (Phi) is 6.85. The summed E-state index contributed by atoms with van der Waals surface area (Å²) < 4.78 is 5.02. The third-order valence-corrected chi connectivity index (χ3v) is 4.29. The molecule has 0 radical (unpaired) electrons. The zero-order valence-corrected chi connectivity index (χ0v) is 12.8. The Morgan fingerprint density at radius 3 is 2.95 bits per heavy atom. The van der Waals surface area contributed by atoms with Crippen LogP contribution in [-0.4, -0.2) is 44.3 Å². The van der Waals surface area contributed by atoms with Gasteiger partial charge in [0.2, 0.25) is 0 Å². The van der Waals surface area contributed by atoms with Crippen LogP contribution in [0.5, 0.6) is 0 Å². The SMILES string of the molecule is COCCNCCCCN(Cc1ccsc1)C1CC1. The van der Waals surface area contributed by atoms with Gasteiger partial charge in [-0.3, -0.25) is 4.90 Å². The van der Waals surface area contributed by atoms with Gasteiger partial charge in [0.1, 0.15) is 0 Å². The van der Waals surface area contributed by atoms with E-state index in [1.54, 1.807) is 18.4 Å². The van der Waals surface area contributed by atoms with Crippen molar-refractivity contribution in [2.45, 2.75) is 38.3 Å². The molecule has 1 fully saturated rings. The van der Waals surface area contributed by atoms with Crippen LogP contribution in [0.15, 0.2) is 16.8 Å². The summed E-state index contributed by atoms with van der Waals surface area (Å²) in [6.45, 7) is 5.28. The molecular formula is C15H26N2OS. The van der Waals surface area contributed by atoms with Gasteiger partial charge < -0.3 is 10.1 Å². The number of methoxy groups -OCH3 is 1. The van der Waals surface area contributed by atoms with E-state index in [0.717, 1.165) is 32.3 Å². The maximum absolute atomic E-state index is 5.02. The summed E-state index contributed by atoms with van der Waals surface area (Å²) in [5, 5.41) is 7.87. The van der Waals surface area contributed by atoms with E-state index in [1.165, 1.54) is 37.8 Å². The van der Waals surface area contributed by atoms with Crippen LogP contribution in [0.2, 0.25) is 0 Å². The Balaban J connectivity index is 1.56. The average molecular weight is 282 g/mol. The Morgan fingerprint density at radius 2 is 2.26 bits per heavy atom. The molecular weight excluding hydrogens is 256 g/mol. The molecule has 1 aliphatic carbocycles. The number of rotatable bonds is 11. The molecule has 1 aromatic heterocycles. The molecule has 1 aromatic rings. The minimum Gasteiger partial charge on any atom is -0.383 e. The Hall–Kier alpha value is -0.420. The second-order valence-corrected chi connectivity index (χ2v) is 6.06. The van der Waals surface area contributed by atoms with Crippen LogP contribution in [0.4, 0.5) is 0 Å². The van der Waals surface area contributed by atoms with Crippen LogP contribution in [0, 0.1) is 0 Å². The zero-order chi connectivity index (χ0) is 13.3. The lowest BCUT2D eigenvalue weighted by atomic mass is 10.2. The van der Waals surface area contributed by atoms with Gasteiger partial charge in [-0.05, 0) is 61.2 Å². The van der Waals surface area contributed by atoms with Crippen LogP contribution in [0.1, 0.15) is 31.2 Å². The number of nitrogens with one attached hydrogen (secondary N) is 1. The largest absolute Gasteiger partial charge is 0.383 e. The van der Waals surface area contributed by atoms with Gasteiger partial charge in [-0.1, -0.05) is 0 Å². The number of hydrogen-bond acceptors (Lipinski definition) is 4. The summed E-state index contributed by atoms with van der Waals surface area (Å²) in [4.78, 5) is 2.66. The summed E-state index contributed by atoms with van der Waals surface area (Å²) in [6.07, 6.45) is 5.35. The molecule has 0 spiro atoms. The van der Waals surface area contributed by atoms with Crippen LogP contribution in [-0.2, 0) is 11.3 Å². The first kappa shape index (κ1) is 15.0. The van der Waals surface area contributed by atoms with E-state index in [2.05, 4.69) is 27.0 Å². The predicted molar refractivity (Wildman–Crippen MR) is 81.7 cm³/mol. The van der Waals surface area contributed by atoms with Crippen molar-refractivity contribution in [2.75, 3.05) is 33.4 Å². The molecule has 0 bridgehead atoms. The molecule has 4 heteroatoms. The van der Waals surface area contributed by atoms with Crippen molar-refractivity contribution in [1.29, 1.82) is 0 Å². The van der Waals surface area contributed by atoms with E-state index in [9.17, 15) is 0 Å². The number of unbranched alkanes of at least 4 members (excludes halogenated alkanes) is 1. The quantitative estimate of drug-likeness (QED) is 0.632. The molecule has 1 aliphatic rings. The normalized spacial score (nSPS) is 15.3. The van der Waals surface area contributed by atoms with Gasteiger partial charge >= 0.3 is 0 Å². The van der Waals surface area contributed by atoms with E-state index in [-0.39, 0.29) is 0 Å². The van der Waals surface area contributed by atoms with Crippen LogP contribution in [0.3, 0.4) is 0 Å². The van der Waals surface area contributed by atoms with Gasteiger partial charge in [0.25, 0.3) is 0 Å².